The average Bonchev–Trinajstić information content (AvgIpc) is 2.48. The van der Waals surface area contributed by atoms with E-state index in [1.807, 2.05) is 0 Å². The van der Waals surface area contributed by atoms with Gasteiger partial charge >= 0.3 is 0 Å². The second-order valence-electron chi connectivity index (χ2n) is 5.42. The molecule has 122 valence electrons. The molecule has 1 heterocycles. The van der Waals surface area contributed by atoms with Crippen LogP contribution in [-0.2, 0) is 0 Å². The zero-order valence-corrected chi connectivity index (χ0v) is 13.2. The molecule has 0 saturated carbocycles. The van der Waals surface area contributed by atoms with Crippen molar-refractivity contribution in [1.29, 1.82) is 0 Å². The van der Waals surface area contributed by atoms with E-state index in [-0.39, 0.29) is 6.10 Å². The van der Waals surface area contributed by atoms with E-state index in [1.54, 1.807) is 25.1 Å². The summed E-state index contributed by atoms with van der Waals surface area (Å²) >= 11 is 6.01. The molecular formula is C17H16ClF2NO2. The second kappa shape index (κ2) is 6.72. The van der Waals surface area contributed by atoms with Gasteiger partial charge in [-0.05, 0) is 36.8 Å². The Labute approximate surface area is 138 Å². The summed E-state index contributed by atoms with van der Waals surface area (Å²) in [7, 11) is 0. The van der Waals surface area contributed by atoms with Crippen LogP contribution < -0.4 is 14.8 Å². The van der Waals surface area contributed by atoms with Crippen LogP contribution in [0.25, 0.3) is 0 Å². The van der Waals surface area contributed by atoms with Crippen molar-refractivity contribution >= 4 is 11.6 Å². The molecule has 1 N–H and O–H groups in total. The largest absolute Gasteiger partial charge is 0.484 e. The molecule has 3 nitrogen and oxygen atoms in total. The van der Waals surface area contributed by atoms with Crippen molar-refractivity contribution in [1.82, 2.24) is 5.32 Å². The Balaban J connectivity index is 1.79. The van der Waals surface area contributed by atoms with Gasteiger partial charge in [0, 0.05) is 24.2 Å². The molecule has 0 aliphatic carbocycles. The number of halogens is 3. The number of benzene rings is 2. The summed E-state index contributed by atoms with van der Waals surface area (Å²) in [5, 5.41) is 3.66. The minimum atomic E-state index is -0.897. The van der Waals surface area contributed by atoms with Crippen molar-refractivity contribution in [3.8, 4) is 11.5 Å². The van der Waals surface area contributed by atoms with Crippen LogP contribution in [0.15, 0.2) is 36.4 Å². The fourth-order valence-electron chi connectivity index (χ4n) is 2.22. The third-order valence-electron chi connectivity index (χ3n) is 3.66. The molecule has 6 heteroatoms. The van der Waals surface area contributed by atoms with Gasteiger partial charge in [0.1, 0.15) is 12.2 Å². The van der Waals surface area contributed by atoms with Crippen LogP contribution in [-0.4, -0.2) is 19.2 Å². The molecule has 0 radical (unpaired) electrons. The van der Waals surface area contributed by atoms with E-state index in [0.717, 1.165) is 25.2 Å². The summed E-state index contributed by atoms with van der Waals surface area (Å²) in [4.78, 5) is 0. The third kappa shape index (κ3) is 3.74. The Hall–Kier alpha value is -1.85. The Morgan fingerprint density at radius 3 is 2.52 bits per heavy atom. The van der Waals surface area contributed by atoms with Gasteiger partial charge in [-0.25, -0.2) is 8.78 Å². The molecule has 3 rings (SSSR count). The molecule has 0 amide bonds. The quantitative estimate of drug-likeness (QED) is 0.889. The number of rotatable bonds is 5. The van der Waals surface area contributed by atoms with Gasteiger partial charge in [0.25, 0.3) is 0 Å². The Morgan fingerprint density at radius 2 is 1.87 bits per heavy atom. The monoisotopic (exact) mass is 339 g/mol. The molecule has 0 aromatic heterocycles. The number of hydrogen-bond acceptors (Lipinski definition) is 3. The van der Waals surface area contributed by atoms with E-state index < -0.39 is 17.7 Å². The first-order chi connectivity index (χ1) is 11.0. The highest BCUT2D eigenvalue weighted by atomic mass is 35.5. The fraction of sp³-hybridized carbons (Fsp3) is 0.294. The van der Waals surface area contributed by atoms with Crippen molar-refractivity contribution in [3.63, 3.8) is 0 Å². The molecule has 1 unspecified atom stereocenters. The van der Waals surface area contributed by atoms with E-state index in [4.69, 9.17) is 21.1 Å². The van der Waals surface area contributed by atoms with Crippen LogP contribution in [0.5, 0.6) is 11.5 Å². The van der Waals surface area contributed by atoms with Crippen LogP contribution in [0.2, 0.25) is 5.02 Å². The lowest BCUT2D eigenvalue weighted by Crippen LogP contribution is -2.50. The maximum atomic E-state index is 13.4. The van der Waals surface area contributed by atoms with Gasteiger partial charge in [-0.2, -0.15) is 0 Å². The SMILES string of the molecule is CC(Oc1ccc(Cl)cc1OC1CNC1)c1ccc(F)c(F)c1. The highest BCUT2D eigenvalue weighted by molar-refractivity contribution is 6.30. The van der Waals surface area contributed by atoms with Crippen LogP contribution in [0, 0.1) is 11.6 Å². The van der Waals surface area contributed by atoms with Crippen molar-refractivity contribution in [2.45, 2.75) is 19.1 Å². The lowest BCUT2D eigenvalue weighted by atomic mass is 10.1. The van der Waals surface area contributed by atoms with E-state index in [2.05, 4.69) is 5.32 Å². The van der Waals surface area contributed by atoms with Crippen molar-refractivity contribution in [3.05, 3.63) is 58.6 Å². The normalized spacial score (nSPS) is 15.8. The van der Waals surface area contributed by atoms with Crippen molar-refractivity contribution in [2.75, 3.05) is 13.1 Å². The first kappa shape index (κ1) is 16.0. The van der Waals surface area contributed by atoms with Gasteiger partial charge in [-0.1, -0.05) is 17.7 Å². The van der Waals surface area contributed by atoms with Gasteiger partial charge in [-0.15, -0.1) is 0 Å². The van der Waals surface area contributed by atoms with Crippen LogP contribution in [0.3, 0.4) is 0 Å². The molecule has 1 aliphatic rings. The third-order valence-corrected chi connectivity index (χ3v) is 3.90. The summed E-state index contributed by atoms with van der Waals surface area (Å²) in [5.41, 5.74) is 0.537. The average molecular weight is 340 g/mol. The Morgan fingerprint density at radius 1 is 1.09 bits per heavy atom. The lowest BCUT2D eigenvalue weighted by Gasteiger charge is -2.29. The fourth-order valence-corrected chi connectivity index (χ4v) is 2.38. The van der Waals surface area contributed by atoms with Gasteiger partial charge in [0.2, 0.25) is 0 Å². The zero-order valence-electron chi connectivity index (χ0n) is 12.5. The number of nitrogens with one attached hydrogen (secondary N) is 1. The molecule has 0 spiro atoms. The van der Waals surface area contributed by atoms with Crippen LogP contribution in [0.4, 0.5) is 8.78 Å². The molecule has 1 saturated heterocycles. The lowest BCUT2D eigenvalue weighted by molar-refractivity contribution is 0.129. The summed E-state index contributed by atoms with van der Waals surface area (Å²) in [6.45, 7) is 3.30. The van der Waals surface area contributed by atoms with Crippen LogP contribution in [0.1, 0.15) is 18.6 Å². The summed E-state index contributed by atoms with van der Waals surface area (Å²) in [6.07, 6.45) is -0.387. The molecule has 2 aromatic carbocycles. The van der Waals surface area contributed by atoms with Crippen LogP contribution >= 0.6 is 11.6 Å². The standard InChI is InChI=1S/C17H16ClF2NO2/c1-10(11-2-4-14(19)15(20)6-11)22-16-5-3-12(18)7-17(16)23-13-8-21-9-13/h2-7,10,13,21H,8-9H2,1H3. The van der Waals surface area contributed by atoms with Gasteiger partial charge in [0.15, 0.2) is 23.1 Å². The maximum Gasteiger partial charge on any atom is 0.163 e. The highest BCUT2D eigenvalue weighted by Crippen LogP contribution is 2.34. The molecule has 2 aromatic rings. The van der Waals surface area contributed by atoms with Gasteiger partial charge in [-0.3, -0.25) is 0 Å². The predicted molar refractivity (Wildman–Crippen MR) is 84.1 cm³/mol. The minimum Gasteiger partial charge on any atom is -0.484 e. The summed E-state index contributed by atoms with van der Waals surface area (Å²) < 4.78 is 38.1. The predicted octanol–water partition coefficient (Wildman–Crippen LogP) is 4.11. The molecule has 1 atom stereocenters. The minimum absolute atomic E-state index is 0.0781. The first-order valence-corrected chi connectivity index (χ1v) is 7.69. The van der Waals surface area contributed by atoms with Crippen molar-refractivity contribution < 1.29 is 18.3 Å². The van der Waals surface area contributed by atoms with Gasteiger partial charge < -0.3 is 14.8 Å². The van der Waals surface area contributed by atoms with E-state index >= 15 is 0 Å². The second-order valence-corrected chi connectivity index (χ2v) is 5.86. The molecule has 23 heavy (non-hydrogen) atoms. The highest BCUT2D eigenvalue weighted by Gasteiger charge is 2.21. The Bertz CT molecular complexity index is 707. The molecule has 1 aliphatic heterocycles. The summed E-state index contributed by atoms with van der Waals surface area (Å²) in [6, 6.07) is 8.81. The smallest absolute Gasteiger partial charge is 0.163 e. The first-order valence-electron chi connectivity index (χ1n) is 7.31. The summed E-state index contributed by atoms with van der Waals surface area (Å²) in [5.74, 6) is -0.725. The topological polar surface area (TPSA) is 30.5 Å². The van der Waals surface area contributed by atoms with E-state index in [1.165, 1.54) is 6.07 Å². The Kier molecular flexibility index (Phi) is 4.68. The van der Waals surface area contributed by atoms with Crippen molar-refractivity contribution in [2.24, 2.45) is 0 Å². The maximum absolute atomic E-state index is 13.4. The molecule has 1 fully saturated rings. The number of ether oxygens (including phenoxy) is 2. The van der Waals surface area contributed by atoms with E-state index in [9.17, 15) is 8.78 Å². The number of hydrogen-bond donors (Lipinski definition) is 1. The van der Waals surface area contributed by atoms with E-state index in [0.29, 0.717) is 22.1 Å². The van der Waals surface area contributed by atoms with Gasteiger partial charge in [0.05, 0.1) is 0 Å². The zero-order chi connectivity index (χ0) is 16.4. The molecular weight excluding hydrogens is 324 g/mol. The molecule has 0 bridgehead atoms.